The van der Waals surface area contributed by atoms with Crippen molar-refractivity contribution in [3.8, 4) is 0 Å². The minimum Gasteiger partial charge on any atom is -0.382 e. The minimum atomic E-state index is 0.295. The van der Waals surface area contributed by atoms with E-state index in [0.29, 0.717) is 18.0 Å². The molecule has 0 radical (unpaired) electrons. The molecule has 23 heavy (non-hydrogen) atoms. The van der Waals surface area contributed by atoms with Crippen molar-refractivity contribution in [3.63, 3.8) is 0 Å². The minimum absolute atomic E-state index is 0.295. The fourth-order valence-corrected chi connectivity index (χ4v) is 3.38. The maximum atomic E-state index is 5.72. The van der Waals surface area contributed by atoms with Crippen molar-refractivity contribution < 1.29 is 4.74 Å². The summed E-state index contributed by atoms with van der Waals surface area (Å²) in [6, 6.07) is 4.38. The van der Waals surface area contributed by atoms with E-state index in [4.69, 9.17) is 10.5 Å². The maximum absolute atomic E-state index is 5.72. The first-order valence-corrected chi connectivity index (χ1v) is 8.26. The average Bonchev–Trinajstić information content (AvgIpc) is 3.25. The summed E-state index contributed by atoms with van der Waals surface area (Å²) in [6.07, 6.45) is 6.15. The van der Waals surface area contributed by atoms with Crippen LogP contribution in [-0.4, -0.2) is 56.8 Å². The van der Waals surface area contributed by atoms with Crippen LogP contribution in [0, 0.1) is 0 Å². The fourth-order valence-electron chi connectivity index (χ4n) is 3.38. The SMILES string of the molecule is CCn1nccc1CCN1C[C@H](OC)C[C@H]1Cn1ccc(N)n1. The zero-order valence-electron chi connectivity index (χ0n) is 13.9. The molecular weight excluding hydrogens is 292 g/mol. The Morgan fingerprint density at radius 3 is 2.96 bits per heavy atom. The van der Waals surface area contributed by atoms with Crippen LogP contribution in [0.15, 0.2) is 24.5 Å². The first-order chi connectivity index (χ1) is 11.2. The third-order valence-corrected chi connectivity index (χ3v) is 4.64. The average molecular weight is 318 g/mol. The number of rotatable bonds is 7. The van der Waals surface area contributed by atoms with E-state index in [0.717, 1.165) is 39.0 Å². The van der Waals surface area contributed by atoms with Crippen molar-refractivity contribution in [2.45, 2.75) is 45.0 Å². The van der Waals surface area contributed by atoms with Crippen molar-refractivity contribution in [1.82, 2.24) is 24.5 Å². The van der Waals surface area contributed by atoms with Crippen LogP contribution in [0.3, 0.4) is 0 Å². The summed E-state index contributed by atoms with van der Waals surface area (Å²) >= 11 is 0. The van der Waals surface area contributed by atoms with Gasteiger partial charge in [0.15, 0.2) is 0 Å². The molecule has 0 unspecified atom stereocenters. The second-order valence-electron chi connectivity index (χ2n) is 6.09. The summed E-state index contributed by atoms with van der Waals surface area (Å²) < 4.78 is 9.58. The Hall–Kier alpha value is -1.86. The van der Waals surface area contributed by atoms with Gasteiger partial charge in [0.05, 0.1) is 12.6 Å². The Labute approximate surface area is 137 Å². The van der Waals surface area contributed by atoms with Gasteiger partial charge in [0.25, 0.3) is 0 Å². The quantitative estimate of drug-likeness (QED) is 0.825. The zero-order valence-corrected chi connectivity index (χ0v) is 13.9. The Morgan fingerprint density at radius 1 is 1.39 bits per heavy atom. The van der Waals surface area contributed by atoms with Gasteiger partial charge < -0.3 is 10.5 Å². The van der Waals surface area contributed by atoms with Crippen molar-refractivity contribution in [1.29, 1.82) is 0 Å². The number of nitrogen functional groups attached to an aromatic ring is 1. The van der Waals surface area contributed by atoms with E-state index < -0.39 is 0 Å². The molecule has 1 saturated heterocycles. The van der Waals surface area contributed by atoms with E-state index in [2.05, 4.69) is 32.8 Å². The number of methoxy groups -OCH3 is 1. The second kappa shape index (κ2) is 7.14. The molecule has 2 N–H and O–H groups in total. The molecule has 0 spiro atoms. The van der Waals surface area contributed by atoms with Gasteiger partial charge in [-0.2, -0.15) is 10.2 Å². The normalized spacial score (nSPS) is 22.0. The number of ether oxygens (including phenoxy) is 1. The van der Waals surface area contributed by atoms with Gasteiger partial charge in [-0.1, -0.05) is 0 Å². The van der Waals surface area contributed by atoms with E-state index in [1.54, 1.807) is 7.11 Å². The molecule has 0 saturated carbocycles. The molecule has 3 heterocycles. The molecule has 126 valence electrons. The number of aromatic nitrogens is 4. The van der Waals surface area contributed by atoms with Crippen molar-refractivity contribution in [3.05, 3.63) is 30.2 Å². The molecule has 2 aromatic rings. The summed E-state index contributed by atoms with van der Waals surface area (Å²) in [7, 11) is 1.79. The Balaban J connectivity index is 1.63. The number of hydrogen-bond acceptors (Lipinski definition) is 5. The summed E-state index contributed by atoms with van der Waals surface area (Å²) in [4.78, 5) is 2.50. The van der Waals surface area contributed by atoms with Crippen LogP contribution in [0.2, 0.25) is 0 Å². The van der Waals surface area contributed by atoms with Crippen molar-refractivity contribution in [2.24, 2.45) is 0 Å². The predicted octanol–water partition coefficient (Wildman–Crippen LogP) is 1.01. The summed E-state index contributed by atoms with van der Waals surface area (Å²) in [6.45, 7) is 5.87. The van der Waals surface area contributed by atoms with Crippen molar-refractivity contribution >= 4 is 5.82 Å². The number of nitrogens with zero attached hydrogens (tertiary/aromatic N) is 5. The fraction of sp³-hybridized carbons (Fsp3) is 0.625. The summed E-state index contributed by atoms with van der Waals surface area (Å²) in [5.41, 5.74) is 7.00. The van der Waals surface area contributed by atoms with E-state index in [1.807, 2.05) is 23.1 Å². The van der Waals surface area contributed by atoms with Gasteiger partial charge in [0.1, 0.15) is 5.82 Å². The summed E-state index contributed by atoms with van der Waals surface area (Å²) in [5.74, 6) is 0.574. The molecule has 1 aliphatic heterocycles. The lowest BCUT2D eigenvalue weighted by atomic mass is 10.2. The van der Waals surface area contributed by atoms with Crippen LogP contribution >= 0.6 is 0 Å². The molecule has 0 aromatic carbocycles. The summed E-state index contributed by atoms with van der Waals surface area (Å²) in [5, 5.41) is 8.66. The molecule has 2 atom stereocenters. The van der Waals surface area contributed by atoms with Gasteiger partial charge in [0.2, 0.25) is 0 Å². The maximum Gasteiger partial charge on any atom is 0.145 e. The number of anilines is 1. The lowest BCUT2D eigenvalue weighted by molar-refractivity contribution is 0.108. The third kappa shape index (κ3) is 3.73. The molecule has 3 rings (SSSR count). The lowest BCUT2D eigenvalue weighted by Crippen LogP contribution is -2.35. The van der Waals surface area contributed by atoms with E-state index in [1.165, 1.54) is 5.69 Å². The van der Waals surface area contributed by atoms with Gasteiger partial charge in [0, 0.05) is 57.3 Å². The molecule has 2 aromatic heterocycles. The Morgan fingerprint density at radius 2 is 2.26 bits per heavy atom. The highest BCUT2D eigenvalue weighted by Gasteiger charge is 2.32. The monoisotopic (exact) mass is 318 g/mol. The number of nitrogens with two attached hydrogens (primary N) is 1. The molecule has 0 bridgehead atoms. The molecule has 7 nitrogen and oxygen atoms in total. The molecule has 0 aliphatic carbocycles. The topological polar surface area (TPSA) is 74.1 Å². The van der Waals surface area contributed by atoms with Crippen LogP contribution in [0.25, 0.3) is 0 Å². The van der Waals surface area contributed by atoms with Gasteiger partial charge in [-0.3, -0.25) is 14.3 Å². The lowest BCUT2D eigenvalue weighted by Gasteiger charge is -2.24. The largest absolute Gasteiger partial charge is 0.382 e. The first-order valence-electron chi connectivity index (χ1n) is 8.26. The highest BCUT2D eigenvalue weighted by molar-refractivity contribution is 5.23. The Bertz CT molecular complexity index is 622. The third-order valence-electron chi connectivity index (χ3n) is 4.64. The second-order valence-corrected chi connectivity index (χ2v) is 6.09. The van der Waals surface area contributed by atoms with Gasteiger partial charge in [-0.15, -0.1) is 0 Å². The van der Waals surface area contributed by atoms with Crippen LogP contribution in [-0.2, 0) is 24.2 Å². The number of likely N-dealkylation sites (tertiary alicyclic amines) is 1. The highest BCUT2D eigenvalue weighted by atomic mass is 16.5. The van der Waals surface area contributed by atoms with Gasteiger partial charge in [-0.25, -0.2) is 0 Å². The van der Waals surface area contributed by atoms with Gasteiger partial charge in [-0.05, 0) is 25.5 Å². The smallest absolute Gasteiger partial charge is 0.145 e. The van der Waals surface area contributed by atoms with Crippen LogP contribution in [0.5, 0.6) is 0 Å². The molecule has 7 heteroatoms. The van der Waals surface area contributed by atoms with Crippen LogP contribution < -0.4 is 5.73 Å². The van der Waals surface area contributed by atoms with Crippen LogP contribution in [0.4, 0.5) is 5.82 Å². The first kappa shape index (κ1) is 16.0. The van der Waals surface area contributed by atoms with Crippen LogP contribution in [0.1, 0.15) is 19.0 Å². The Kier molecular flexibility index (Phi) is 4.97. The standard InChI is InChI=1S/C16H26N6O/c1-3-22-13(4-7-18-22)5-8-20-12-15(23-2)10-14(20)11-21-9-6-16(17)19-21/h4,6-7,9,14-15H,3,5,8,10-12H2,1-2H3,(H2,17,19)/t14-,15+/m0/s1. The molecule has 1 fully saturated rings. The number of hydrogen-bond donors (Lipinski definition) is 1. The zero-order chi connectivity index (χ0) is 16.2. The van der Waals surface area contributed by atoms with E-state index >= 15 is 0 Å². The molecule has 0 amide bonds. The van der Waals surface area contributed by atoms with E-state index in [9.17, 15) is 0 Å². The van der Waals surface area contributed by atoms with E-state index in [-0.39, 0.29) is 0 Å². The van der Waals surface area contributed by atoms with Crippen molar-refractivity contribution in [2.75, 3.05) is 25.9 Å². The molecule has 1 aliphatic rings. The predicted molar refractivity (Wildman–Crippen MR) is 89.0 cm³/mol. The highest BCUT2D eigenvalue weighted by Crippen LogP contribution is 2.22. The number of aryl methyl sites for hydroxylation is 1. The van der Waals surface area contributed by atoms with Gasteiger partial charge >= 0.3 is 0 Å². The molecular formula is C16H26N6O.